The fraction of sp³-hybridized carbons (Fsp3) is 0.267. The predicted octanol–water partition coefficient (Wildman–Crippen LogP) is 3.21. The highest BCUT2D eigenvalue weighted by Gasteiger charge is 2.12. The van der Waals surface area contributed by atoms with Crippen molar-refractivity contribution in [2.45, 2.75) is 26.4 Å². The molecule has 0 fully saturated rings. The lowest BCUT2D eigenvalue weighted by Crippen LogP contribution is -2.13. The van der Waals surface area contributed by atoms with Crippen molar-refractivity contribution in [2.75, 3.05) is 5.32 Å². The van der Waals surface area contributed by atoms with Crippen LogP contribution in [0.15, 0.2) is 29.8 Å². The van der Waals surface area contributed by atoms with Crippen LogP contribution in [0.3, 0.4) is 0 Å². The van der Waals surface area contributed by atoms with Crippen LogP contribution in [0, 0.1) is 0 Å². The number of anilines is 1. The molecule has 2 heterocycles. The quantitative estimate of drug-likeness (QED) is 0.755. The first kappa shape index (κ1) is 17.4. The van der Waals surface area contributed by atoms with E-state index in [1.165, 1.54) is 11.3 Å². The van der Waals surface area contributed by atoms with Crippen LogP contribution >= 0.6 is 23.7 Å². The Morgan fingerprint density at radius 3 is 2.87 bits per heavy atom. The predicted molar refractivity (Wildman–Crippen MR) is 95.3 cm³/mol. The summed E-state index contributed by atoms with van der Waals surface area (Å²) in [6, 6.07) is 6.00. The zero-order valence-corrected chi connectivity index (χ0v) is 14.4. The standard InChI is InChI=1S/C15H17N5OS.ClH/c1-9(2)20-13-5-11(4-3-10(13)7-17-20)18-15(21)12-8-22-14(6-16)19-12;/h3-5,7-9H,6,16H2,1-2H3,(H,18,21);1H. The highest BCUT2D eigenvalue weighted by atomic mass is 35.5. The fourth-order valence-corrected chi connectivity index (χ4v) is 2.89. The largest absolute Gasteiger partial charge is 0.325 e. The number of nitrogens with one attached hydrogen (secondary N) is 1. The number of amides is 1. The summed E-state index contributed by atoms with van der Waals surface area (Å²) in [4.78, 5) is 16.4. The summed E-state index contributed by atoms with van der Waals surface area (Å²) in [5.74, 6) is -0.231. The first-order valence-electron chi connectivity index (χ1n) is 7.01. The number of benzene rings is 1. The minimum atomic E-state index is -0.231. The number of carbonyl (C=O) groups is 1. The lowest BCUT2D eigenvalue weighted by Gasteiger charge is -2.08. The van der Waals surface area contributed by atoms with E-state index >= 15 is 0 Å². The molecule has 0 spiro atoms. The second-order valence-corrected chi connectivity index (χ2v) is 6.18. The molecule has 0 radical (unpaired) electrons. The molecule has 1 amide bonds. The molecule has 0 unspecified atom stereocenters. The number of hydrogen-bond acceptors (Lipinski definition) is 5. The van der Waals surface area contributed by atoms with Gasteiger partial charge in [-0.15, -0.1) is 23.7 Å². The molecule has 0 aliphatic carbocycles. The van der Waals surface area contributed by atoms with Crippen molar-refractivity contribution in [1.29, 1.82) is 0 Å². The molecule has 0 aliphatic heterocycles. The van der Waals surface area contributed by atoms with Crippen LogP contribution in [0.25, 0.3) is 10.9 Å². The van der Waals surface area contributed by atoms with E-state index in [0.717, 1.165) is 21.6 Å². The maximum atomic E-state index is 12.2. The Morgan fingerprint density at radius 2 is 2.22 bits per heavy atom. The summed E-state index contributed by atoms with van der Waals surface area (Å²) in [5, 5.41) is 10.7. The third-order valence-electron chi connectivity index (χ3n) is 3.30. The summed E-state index contributed by atoms with van der Waals surface area (Å²) < 4.78 is 1.93. The van der Waals surface area contributed by atoms with Crippen molar-refractivity contribution in [3.63, 3.8) is 0 Å². The van der Waals surface area contributed by atoms with Crippen molar-refractivity contribution in [1.82, 2.24) is 14.8 Å². The lowest BCUT2D eigenvalue weighted by atomic mass is 10.2. The smallest absolute Gasteiger partial charge is 0.275 e. The average Bonchev–Trinajstić information content (AvgIpc) is 3.13. The zero-order chi connectivity index (χ0) is 15.7. The first-order valence-corrected chi connectivity index (χ1v) is 7.89. The van der Waals surface area contributed by atoms with Gasteiger partial charge in [0.1, 0.15) is 10.7 Å². The summed E-state index contributed by atoms with van der Waals surface area (Å²) in [7, 11) is 0. The Hall–Kier alpha value is -1.96. The maximum absolute atomic E-state index is 12.2. The molecule has 122 valence electrons. The Bertz CT molecular complexity index is 826. The van der Waals surface area contributed by atoms with Crippen LogP contribution in [0.4, 0.5) is 5.69 Å². The van der Waals surface area contributed by atoms with Crippen LogP contribution in [0.5, 0.6) is 0 Å². The normalized spacial score (nSPS) is 10.8. The zero-order valence-electron chi connectivity index (χ0n) is 12.8. The van der Waals surface area contributed by atoms with Gasteiger partial charge in [-0.3, -0.25) is 9.48 Å². The average molecular weight is 352 g/mol. The topological polar surface area (TPSA) is 85.8 Å². The molecule has 3 rings (SSSR count). The minimum Gasteiger partial charge on any atom is -0.325 e. The van der Waals surface area contributed by atoms with E-state index in [1.807, 2.05) is 29.1 Å². The van der Waals surface area contributed by atoms with Crippen LogP contribution < -0.4 is 11.1 Å². The second-order valence-electron chi connectivity index (χ2n) is 5.24. The number of halogens is 1. The van der Waals surface area contributed by atoms with Crippen molar-refractivity contribution < 1.29 is 4.79 Å². The number of thiazole rings is 1. The maximum Gasteiger partial charge on any atom is 0.275 e. The van der Waals surface area contributed by atoms with Crippen LogP contribution in [-0.4, -0.2) is 20.7 Å². The van der Waals surface area contributed by atoms with Crippen molar-refractivity contribution in [2.24, 2.45) is 5.73 Å². The van der Waals surface area contributed by atoms with Gasteiger partial charge in [-0.1, -0.05) is 0 Å². The Labute approximate surface area is 144 Å². The van der Waals surface area contributed by atoms with Gasteiger partial charge in [0.05, 0.1) is 11.7 Å². The lowest BCUT2D eigenvalue weighted by molar-refractivity contribution is 0.102. The van der Waals surface area contributed by atoms with Crippen LogP contribution in [-0.2, 0) is 6.54 Å². The van der Waals surface area contributed by atoms with Gasteiger partial charge in [-0.05, 0) is 32.0 Å². The number of fused-ring (bicyclic) bond motifs is 1. The van der Waals surface area contributed by atoms with Crippen LogP contribution in [0.1, 0.15) is 35.4 Å². The van der Waals surface area contributed by atoms with Gasteiger partial charge in [-0.25, -0.2) is 4.98 Å². The molecule has 6 nitrogen and oxygen atoms in total. The monoisotopic (exact) mass is 351 g/mol. The molecule has 3 N–H and O–H groups in total. The number of nitrogens with two attached hydrogens (primary N) is 1. The second kappa shape index (κ2) is 7.08. The van der Waals surface area contributed by atoms with Crippen molar-refractivity contribution in [3.05, 3.63) is 40.5 Å². The first-order chi connectivity index (χ1) is 10.6. The van der Waals surface area contributed by atoms with E-state index in [4.69, 9.17) is 5.73 Å². The van der Waals surface area contributed by atoms with E-state index in [-0.39, 0.29) is 24.4 Å². The van der Waals surface area contributed by atoms with Crippen molar-refractivity contribution >= 4 is 46.2 Å². The number of nitrogens with zero attached hydrogens (tertiary/aromatic N) is 3. The van der Waals surface area contributed by atoms with Gasteiger partial charge in [0.2, 0.25) is 0 Å². The number of carbonyl (C=O) groups excluding carboxylic acids is 1. The van der Waals surface area contributed by atoms with Gasteiger partial charge in [-0.2, -0.15) is 5.10 Å². The van der Waals surface area contributed by atoms with Crippen LogP contribution in [0.2, 0.25) is 0 Å². The summed E-state index contributed by atoms with van der Waals surface area (Å²) in [6.45, 7) is 4.49. The van der Waals surface area contributed by atoms with Gasteiger partial charge in [0.15, 0.2) is 0 Å². The third kappa shape index (κ3) is 3.52. The molecule has 23 heavy (non-hydrogen) atoms. The number of rotatable bonds is 4. The van der Waals surface area contributed by atoms with Gasteiger partial charge in [0, 0.05) is 29.0 Å². The Kier molecular flexibility index (Phi) is 5.35. The molecule has 2 aromatic heterocycles. The molecule has 8 heteroatoms. The molecule has 0 aliphatic rings. The molecule has 0 saturated carbocycles. The highest BCUT2D eigenvalue weighted by Crippen LogP contribution is 2.22. The summed E-state index contributed by atoms with van der Waals surface area (Å²) >= 11 is 1.39. The molecule has 0 atom stereocenters. The molecule has 3 aromatic rings. The molecule has 0 saturated heterocycles. The van der Waals surface area contributed by atoms with Crippen molar-refractivity contribution in [3.8, 4) is 0 Å². The van der Waals surface area contributed by atoms with E-state index in [9.17, 15) is 4.79 Å². The van der Waals surface area contributed by atoms with E-state index in [1.54, 1.807) is 5.38 Å². The minimum absolute atomic E-state index is 0. The van der Waals surface area contributed by atoms with Gasteiger partial charge < -0.3 is 11.1 Å². The van der Waals surface area contributed by atoms with Gasteiger partial charge in [0.25, 0.3) is 5.91 Å². The SMILES string of the molecule is CC(C)n1ncc2ccc(NC(=O)c3csc(CN)n3)cc21.Cl. The molecule has 1 aromatic carbocycles. The third-order valence-corrected chi connectivity index (χ3v) is 4.18. The number of hydrogen-bond donors (Lipinski definition) is 2. The van der Waals surface area contributed by atoms with E-state index in [0.29, 0.717) is 12.2 Å². The fourth-order valence-electron chi connectivity index (χ4n) is 2.23. The summed E-state index contributed by atoms with van der Waals surface area (Å²) in [6.07, 6.45) is 1.83. The van der Waals surface area contributed by atoms with E-state index < -0.39 is 0 Å². The Balaban J connectivity index is 0.00000192. The van der Waals surface area contributed by atoms with E-state index in [2.05, 4.69) is 29.2 Å². The molecule has 0 bridgehead atoms. The number of aromatic nitrogens is 3. The highest BCUT2D eigenvalue weighted by molar-refractivity contribution is 7.09. The van der Waals surface area contributed by atoms with Gasteiger partial charge >= 0.3 is 0 Å². The summed E-state index contributed by atoms with van der Waals surface area (Å²) in [5.41, 5.74) is 7.63. The molecular formula is C15H18ClN5OS. The molecular weight excluding hydrogens is 334 g/mol. The Morgan fingerprint density at radius 1 is 1.43 bits per heavy atom.